The van der Waals surface area contributed by atoms with Gasteiger partial charge in [0.15, 0.2) is 4.34 Å². The predicted molar refractivity (Wildman–Crippen MR) is 58.5 cm³/mol. The lowest BCUT2D eigenvalue weighted by Crippen LogP contribution is -1.89. The van der Waals surface area contributed by atoms with E-state index >= 15 is 0 Å². The van der Waals surface area contributed by atoms with E-state index < -0.39 is 0 Å². The molecule has 0 aliphatic heterocycles. The predicted octanol–water partition coefficient (Wildman–Crippen LogP) is 2.55. The lowest BCUT2D eigenvalue weighted by molar-refractivity contribution is 0.945. The monoisotopic (exact) mass is 288 g/mol. The van der Waals surface area contributed by atoms with Crippen molar-refractivity contribution in [3.05, 3.63) is 22.0 Å². The van der Waals surface area contributed by atoms with E-state index in [9.17, 15) is 0 Å². The van der Waals surface area contributed by atoms with Gasteiger partial charge in [-0.15, -0.1) is 10.2 Å². The highest BCUT2D eigenvalue weighted by atomic mass is 79.9. The first kappa shape index (κ1) is 10.0. The molecule has 2 heterocycles. The molecule has 0 aromatic carbocycles. The molecule has 14 heavy (non-hydrogen) atoms. The van der Waals surface area contributed by atoms with Crippen molar-refractivity contribution in [2.75, 3.05) is 0 Å². The fraction of sp³-hybridized carbons (Fsp3) is 0.143. The quantitative estimate of drug-likeness (QED) is 0.795. The van der Waals surface area contributed by atoms with E-state index in [1.54, 1.807) is 11.7 Å². The molecule has 0 aliphatic rings. The summed E-state index contributed by atoms with van der Waals surface area (Å²) >= 11 is 6.36. The summed E-state index contributed by atoms with van der Waals surface area (Å²) in [6.45, 7) is 1.86. The van der Waals surface area contributed by atoms with Crippen molar-refractivity contribution in [2.24, 2.45) is 0 Å². The Morgan fingerprint density at radius 2 is 2.36 bits per heavy atom. The first-order chi connectivity index (χ1) is 6.75. The molecule has 0 fully saturated rings. The minimum atomic E-state index is 0.750. The fourth-order valence-electron chi connectivity index (χ4n) is 0.796. The van der Waals surface area contributed by atoms with E-state index in [0.717, 1.165) is 19.7 Å². The molecule has 0 amide bonds. The minimum Gasteiger partial charge on any atom is -0.240 e. The first-order valence-corrected chi connectivity index (χ1v) is 6.18. The number of aromatic nitrogens is 4. The molecule has 72 valence electrons. The summed E-state index contributed by atoms with van der Waals surface area (Å²) < 4.78 is 1.76. The molecule has 0 bridgehead atoms. The summed E-state index contributed by atoms with van der Waals surface area (Å²) in [5.74, 6) is 0.750. The SMILES string of the molecule is Cc1ncc(Br)c(Sc2nncs2)n1. The second-order valence-electron chi connectivity index (χ2n) is 2.38. The van der Waals surface area contributed by atoms with Crippen molar-refractivity contribution in [1.29, 1.82) is 0 Å². The summed E-state index contributed by atoms with van der Waals surface area (Å²) in [6, 6.07) is 0. The molecule has 4 nitrogen and oxygen atoms in total. The van der Waals surface area contributed by atoms with Gasteiger partial charge in [-0.25, -0.2) is 9.97 Å². The molecular weight excluding hydrogens is 284 g/mol. The van der Waals surface area contributed by atoms with Crippen molar-refractivity contribution in [2.45, 2.75) is 16.3 Å². The van der Waals surface area contributed by atoms with Crippen molar-refractivity contribution in [3.8, 4) is 0 Å². The van der Waals surface area contributed by atoms with Gasteiger partial charge in [0.05, 0.1) is 4.47 Å². The minimum absolute atomic E-state index is 0.750. The van der Waals surface area contributed by atoms with E-state index in [1.807, 2.05) is 6.92 Å². The molecule has 0 unspecified atom stereocenters. The third-order valence-corrected chi connectivity index (χ3v) is 3.98. The Morgan fingerprint density at radius 3 is 3.07 bits per heavy atom. The van der Waals surface area contributed by atoms with Crippen LogP contribution in [-0.2, 0) is 0 Å². The number of hydrogen-bond acceptors (Lipinski definition) is 6. The zero-order chi connectivity index (χ0) is 9.97. The highest BCUT2D eigenvalue weighted by Crippen LogP contribution is 2.31. The average Bonchev–Trinajstić information content (AvgIpc) is 2.64. The van der Waals surface area contributed by atoms with Crippen LogP contribution in [0.25, 0.3) is 0 Å². The number of aryl methyl sites for hydroxylation is 1. The van der Waals surface area contributed by atoms with Crippen molar-refractivity contribution in [1.82, 2.24) is 20.2 Å². The molecular formula is C7H5BrN4S2. The van der Waals surface area contributed by atoms with Crippen LogP contribution in [0, 0.1) is 6.92 Å². The molecule has 0 saturated carbocycles. The summed E-state index contributed by atoms with van der Waals surface area (Å²) in [5, 5.41) is 8.56. The molecule has 7 heteroatoms. The smallest absolute Gasteiger partial charge is 0.180 e. The Bertz CT molecular complexity index is 431. The summed E-state index contributed by atoms with van der Waals surface area (Å²) in [4.78, 5) is 8.36. The molecule has 0 spiro atoms. The number of hydrogen-bond donors (Lipinski definition) is 0. The molecule has 0 N–H and O–H groups in total. The van der Waals surface area contributed by atoms with Crippen molar-refractivity contribution in [3.63, 3.8) is 0 Å². The van der Waals surface area contributed by atoms with E-state index in [0.29, 0.717) is 0 Å². The zero-order valence-corrected chi connectivity index (χ0v) is 10.4. The number of halogens is 1. The fourth-order valence-corrected chi connectivity index (χ4v) is 2.65. The first-order valence-electron chi connectivity index (χ1n) is 3.69. The van der Waals surface area contributed by atoms with E-state index in [2.05, 4.69) is 36.1 Å². The molecule has 0 atom stereocenters. The van der Waals surface area contributed by atoms with Crippen LogP contribution < -0.4 is 0 Å². The standard InChI is InChI=1S/C7H5BrN4S2/c1-4-9-2-5(8)6(11-4)14-7-12-10-3-13-7/h2-3H,1H3. The third-order valence-electron chi connectivity index (χ3n) is 1.36. The van der Waals surface area contributed by atoms with Crippen LogP contribution in [-0.4, -0.2) is 20.2 Å². The van der Waals surface area contributed by atoms with Gasteiger partial charge in [-0.1, -0.05) is 11.3 Å². The largest absolute Gasteiger partial charge is 0.240 e. The van der Waals surface area contributed by atoms with E-state index in [1.165, 1.54) is 23.1 Å². The molecule has 0 radical (unpaired) electrons. The zero-order valence-electron chi connectivity index (χ0n) is 7.14. The Labute approximate surface area is 97.3 Å². The topological polar surface area (TPSA) is 51.6 Å². The van der Waals surface area contributed by atoms with Crippen LogP contribution in [0.1, 0.15) is 5.82 Å². The van der Waals surface area contributed by atoms with Crippen LogP contribution in [0.3, 0.4) is 0 Å². The highest BCUT2D eigenvalue weighted by molar-refractivity contribution is 9.10. The van der Waals surface area contributed by atoms with Crippen molar-refractivity contribution < 1.29 is 0 Å². The Balaban J connectivity index is 2.28. The summed E-state index contributed by atoms with van der Waals surface area (Å²) in [7, 11) is 0. The normalized spacial score (nSPS) is 10.4. The van der Waals surface area contributed by atoms with Gasteiger partial charge in [0.25, 0.3) is 0 Å². The van der Waals surface area contributed by atoms with Crippen LogP contribution >= 0.6 is 39.0 Å². The van der Waals surface area contributed by atoms with Gasteiger partial charge >= 0.3 is 0 Å². The van der Waals surface area contributed by atoms with Gasteiger partial charge in [-0.05, 0) is 34.6 Å². The average molecular weight is 289 g/mol. The number of rotatable bonds is 2. The third kappa shape index (κ3) is 2.28. The van der Waals surface area contributed by atoms with Gasteiger partial charge in [-0.3, -0.25) is 0 Å². The lowest BCUT2D eigenvalue weighted by Gasteiger charge is -1.99. The van der Waals surface area contributed by atoms with Crippen LogP contribution in [0.5, 0.6) is 0 Å². The highest BCUT2D eigenvalue weighted by Gasteiger charge is 2.07. The molecule has 0 aliphatic carbocycles. The molecule has 2 rings (SSSR count). The van der Waals surface area contributed by atoms with Crippen molar-refractivity contribution >= 4 is 39.0 Å². The van der Waals surface area contributed by atoms with Crippen LogP contribution in [0.2, 0.25) is 0 Å². The Kier molecular flexibility index (Phi) is 3.09. The van der Waals surface area contributed by atoms with E-state index in [4.69, 9.17) is 0 Å². The van der Waals surface area contributed by atoms with Gasteiger partial charge in [-0.2, -0.15) is 0 Å². The van der Waals surface area contributed by atoms with Gasteiger partial charge in [0.2, 0.25) is 0 Å². The van der Waals surface area contributed by atoms with Gasteiger partial charge in [0.1, 0.15) is 16.4 Å². The summed E-state index contributed by atoms with van der Waals surface area (Å²) in [5.41, 5.74) is 1.70. The van der Waals surface area contributed by atoms with Gasteiger partial charge < -0.3 is 0 Å². The summed E-state index contributed by atoms with van der Waals surface area (Å²) in [6.07, 6.45) is 1.74. The Hall–Kier alpha value is -0.530. The Morgan fingerprint density at radius 1 is 1.50 bits per heavy atom. The van der Waals surface area contributed by atoms with Crippen LogP contribution in [0.4, 0.5) is 0 Å². The lowest BCUT2D eigenvalue weighted by atomic mass is 10.6. The van der Waals surface area contributed by atoms with Gasteiger partial charge in [0, 0.05) is 6.20 Å². The van der Waals surface area contributed by atoms with Crippen LogP contribution in [0.15, 0.2) is 25.5 Å². The molecule has 2 aromatic heterocycles. The molecule has 0 saturated heterocycles. The molecule has 2 aromatic rings. The number of nitrogens with zero attached hydrogens (tertiary/aromatic N) is 4. The second-order valence-corrected chi connectivity index (χ2v) is 5.30. The maximum atomic E-state index is 4.29. The second kappa shape index (κ2) is 4.33. The maximum absolute atomic E-state index is 4.29. The van der Waals surface area contributed by atoms with E-state index in [-0.39, 0.29) is 0 Å². The maximum Gasteiger partial charge on any atom is 0.180 e.